The first-order valence-corrected chi connectivity index (χ1v) is 9.95. The first-order valence-electron chi connectivity index (χ1n) is 6.57. The zero-order chi connectivity index (χ0) is 15.6. The highest BCUT2D eigenvalue weighted by Crippen LogP contribution is 2.18. The van der Waals surface area contributed by atoms with Crippen LogP contribution >= 0.6 is 12.2 Å². The fourth-order valence-corrected chi connectivity index (χ4v) is 5.20. The van der Waals surface area contributed by atoms with Gasteiger partial charge in [0.1, 0.15) is 4.99 Å². The van der Waals surface area contributed by atoms with Gasteiger partial charge in [-0.15, -0.1) is 0 Å². The molecule has 0 aromatic heterocycles. The van der Waals surface area contributed by atoms with E-state index in [9.17, 15) is 12.6 Å². The quantitative estimate of drug-likeness (QED) is 0.788. The predicted octanol–water partition coefficient (Wildman–Crippen LogP) is 0.819. The lowest BCUT2D eigenvalue weighted by Gasteiger charge is -2.22. The van der Waals surface area contributed by atoms with Crippen molar-refractivity contribution in [1.82, 2.24) is 4.72 Å². The van der Waals surface area contributed by atoms with Crippen LogP contribution in [-0.4, -0.2) is 35.2 Å². The van der Waals surface area contributed by atoms with Crippen molar-refractivity contribution in [3.05, 3.63) is 29.3 Å². The Balaban J connectivity index is 2.18. The molecule has 1 fully saturated rings. The monoisotopic (exact) mass is 346 g/mol. The molecule has 0 amide bonds. The molecule has 0 aliphatic carbocycles. The molecule has 3 N–H and O–H groups in total. The van der Waals surface area contributed by atoms with E-state index >= 15 is 0 Å². The van der Waals surface area contributed by atoms with Gasteiger partial charge in [0.15, 0.2) is 0 Å². The molecule has 1 saturated heterocycles. The molecule has 5 nitrogen and oxygen atoms in total. The predicted molar refractivity (Wildman–Crippen MR) is 88.3 cm³/mol. The molecule has 0 saturated carbocycles. The first kappa shape index (κ1) is 16.5. The van der Waals surface area contributed by atoms with Crippen molar-refractivity contribution in [2.24, 2.45) is 5.73 Å². The lowest BCUT2D eigenvalue weighted by molar-refractivity contribution is 0.522. The van der Waals surface area contributed by atoms with Crippen LogP contribution in [-0.2, 0) is 20.8 Å². The van der Waals surface area contributed by atoms with Crippen LogP contribution in [0, 0.1) is 6.92 Å². The van der Waals surface area contributed by atoms with Crippen LogP contribution in [0.2, 0.25) is 0 Å². The third-order valence-electron chi connectivity index (χ3n) is 3.48. The SMILES string of the molecule is Cc1cc(S(=O)(=O)NC2CCS(=O)CC2)ccc1C(N)=S. The summed E-state index contributed by atoms with van der Waals surface area (Å²) in [5.74, 6) is 1.10. The summed E-state index contributed by atoms with van der Waals surface area (Å²) in [5.41, 5.74) is 6.98. The molecule has 8 heteroatoms. The fourth-order valence-electron chi connectivity index (χ4n) is 2.28. The summed E-state index contributed by atoms with van der Waals surface area (Å²) < 4.78 is 38.7. The van der Waals surface area contributed by atoms with E-state index < -0.39 is 20.8 Å². The van der Waals surface area contributed by atoms with Crippen LogP contribution < -0.4 is 10.5 Å². The maximum atomic E-state index is 12.4. The van der Waals surface area contributed by atoms with Crippen LogP contribution in [0.4, 0.5) is 0 Å². The Bertz CT molecular complexity index is 676. The highest BCUT2D eigenvalue weighted by Gasteiger charge is 2.24. The number of thiocarbonyl (C=S) groups is 1. The molecule has 0 spiro atoms. The van der Waals surface area contributed by atoms with E-state index in [-0.39, 0.29) is 15.9 Å². The van der Waals surface area contributed by atoms with Crippen molar-refractivity contribution in [2.75, 3.05) is 11.5 Å². The summed E-state index contributed by atoms with van der Waals surface area (Å²) in [5, 5.41) is 0. The molecule has 0 radical (unpaired) electrons. The van der Waals surface area contributed by atoms with Gasteiger partial charge in [-0.05, 0) is 37.5 Å². The van der Waals surface area contributed by atoms with Crippen molar-refractivity contribution in [3.63, 3.8) is 0 Å². The van der Waals surface area contributed by atoms with Crippen molar-refractivity contribution in [2.45, 2.75) is 30.7 Å². The molecular weight excluding hydrogens is 328 g/mol. The number of rotatable bonds is 4. The average Bonchev–Trinajstić information content (AvgIpc) is 2.40. The Labute approximate surface area is 132 Å². The number of nitrogens with one attached hydrogen (secondary N) is 1. The highest BCUT2D eigenvalue weighted by molar-refractivity contribution is 7.89. The smallest absolute Gasteiger partial charge is 0.240 e. The molecule has 1 aromatic carbocycles. The number of benzene rings is 1. The van der Waals surface area contributed by atoms with Gasteiger partial charge in [-0.25, -0.2) is 13.1 Å². The van der Waals surface area contributed by atoms with Crippen LogP contribution in [0.1, 0.15) is 24.0 Å². The van der Waals surface area contributed by atoms with Gasteiger partial charge in [0.05, 0.1) is 4.90 Å². The van der Waals surface area contributed by atoms with E-state index in [1.807, 2.05) is 0 Å². The van der Waals surface area contributed by atoms with Gasteiger partial charge >= 0.3 is 0 Å². The second-order valence-corrected chi connectivity index (χ2v) is 8.93. The molecule has 2 rings (SSSR count). The van der Waals surface area contributed by atoms with Gasteiger partial charge in [-0.3, -0.25) is 4.21 Å². The van der Waals surface area contributed by atoms with E-state index in [1.165, 1.54) is 6.07 Å². The lowest BCUT2D eigenvalue weighted by atomic mass is 10.1. The summed E-state index contributed by atoms with van der Waals surface area (Å²) in [6.07, 6.45) is 1.21. The van der Waals surface area contributed by atoms with E-state index in [0.29, 0.717) is 29.9 Å². The zero-order valence-electron chi connectivity index (χ0n) is 11.7. The Hall–Kier alpha value is -0.830. The van der Waals surface area contributed by atoms with Crippen molar-refractivity contribution in [3.8, 4) is 0 Å². The Morgan fingerprint density at radius 2 is 2.00 bits per heavy atom. The van der Waals surface area contributed by atoms with Crippen LogP contribution in [0.25, 0.3) is 0 Å². The standard InChI is InChI=1S/C13H18N2O3S3/c1-9-8-11(2-3-12(9)13(14)19)21(17,18)15-10-4-6-20(16)7-5-10/h2-3,8,10,15H,4-7H2,1H3,(H2,14,19). The molecule has 1 aromatic rings. The first-order chi connectivity index (χ1) is 9.79. The molecule has 1 aliphatic rings. The Kier molecular flexibility index (Phi) is 5.13. The summed E-state index contributed by atoms with van der Waals surface area (Å²) in [7, 11) is -4.38. The van der Waals surface area contributed by atoms with Crippen LogP contribution in [0.5, 0.6) is 0 Å². The molecule has 0 bridgehead atoms. The van der Waals surface area contributed by atoms with Gasteiger partial charge in [0, 0.05) is 33.9 Å². The molecule has 1 aliphatic heterocycles. The van der Waals surface area contributed by atoms with E-state index in [0.717, 1.165) is 5.56 Å². The van der Waals surface area contributed by atoms with E-state index in [1.54, 1.807) is 19.1 Å². The van der Waals surface area contributed by atoms with Crippen molar-refractivity contribution >= 4 is 38.0 Å². The van der Waals surface area contributed by atoms with E-state index in [2.05, 4.69) is 4.72 Å². The van der Waals surface area contributed by atoms with Gasteiger partial charge in [0.2, 0.25) is 10.0 Å². The average molecular weight is 346 g/mol. The molecule has 0 unspecified atom stereocenters. The third-order valence-corrected chi connectivity index (χ3v) is 6.60. The fraction of sp³-hybridized carbons (Fsp3) is 0.462. The summed E-state index contributed by atoms with van der Waals surface area (Å²) in [6, 6.07) is 4.55. The largest absolute Gasteiger partial charge is 0.389 e. The second kappa shape index (κ2) is 6.51. The number of sulfonamides is 1. The topological polar surface area (TPSA) is 89.3 Å². The Morgan fingerprint density at radius 1 is 1.38 bits per heavy atom. The maximum absolute atomic E-state index is 12.4. The number of aryl methyl sites for hydroxylation is 1. The number of hydrogen-bond donors (Lipinski definition) is 2. The van der Waals surface area contributed by atoms with Crippen LogP contribution in [0.3, 0.4) is 0 Å². The number of hydrogen-bond acceptors (Lipinski definition) is 4. The van der Waals surface area contributed by atoms with Crippen LogP contribution in [0.15, 0.2) is 23.1 Å². The lowest BCUT2D eigenvalue weighted by Crippen LogP contribution is -2.39. The number of nitrogens with two attached hydrogens (primary N) is 1. The van der Waals surface area contributed by atoms with Gasteiger partial charge in [-0.1, -0.05) is 18.3 Å². The molecule has 0 atom stereocenters. The van der Waals surface area contributed by atoms with E-state index in [4.69, 9.17) is 18.0 Å². The van der Waals surface area contributed by atoms with Crippen molar-refractivity contribution in [1.29, 1.82) is 0 Å². The van der Waals surface area contributed by atoms with Crippen molar-refractivity contribution < 1.29 is 12.6 Å². The maximum Gasteiger partial charge on any atom is 0.240 e. The summed E-state index contributed by atoms with van der Waals surface area (Å²) >= 11 is 4.91. The van der Waals surface area contributed by atoms with Gasteiger partial charge in [-0.2, -0.15) is 0 Å². The minimum atomic E-state index is -3.58. The summed E-state index contributed by atoms with van der Waals surface area (Å²) in [6.45, 7) is 1.78. The Morgan fingerprint density at radius 3 is 2.52 bits per heavy atom. The molecular formula is C13H18N2O3S3. The zero-order valence-corrected chi connectivity index (χ0v) is 14.1. The summed E-state index contributed by atoms with van der Waals surface area (Å²) in [4.78, 5) is 0.450. The molecule has 21 heavy (non-hydrogen) atoms. The highest BCUT2D eigenvalue weighted by atomic mass is 32.2. The minimum absolute atomic E-state index is 0.150. The van der Waals surface area contributed by atoms with Gasteiger partial charge < -0.3 is 5.73 Å². The third kappa shape index (κ3) is 4.09. The molecule has 116 valence electrons. The normalized spacial score (nSPS) is 22.9. The van der Waals surface area contributed by atoms with Gasteiger partial charge in [0.25, 0.3) is 0 Å². The second-order valence-electron chi connectivity index (χ2n) is 5.08. The minimum Gasteiger partial charge on any atom is -0.389 e. The molecule has 1 heterocycles.